The second-order valence-corrected chi connectivity index (χ2v) is 6.74. The number of rotatable bonds is 4. The van der Waals surface area contributed by atoms with Crippen molar-refractivity contribution in [3.05, 3.63) is 69.7 Å². The van der Waals surface area contributed by atoms with Crippen LogP contribution in [0.5, 0.6) is 0 Å². The molecule has 0 heterocycles. The Kier molecular flexibility index (Phi) is 4.54. The third-order valence-electron chi connectivity index (χ3n) is 4.29. The normalized spacial score (nSPS) is 22.6. The van der Waals surface area contributed by atoms with Gasteiger partial charge in [-0.25, -0.2) is 0 Å². The summed E-state index contributed by atoms with van der Waals surface area (Å²) in [4.78, 5) is 0. The highest BCUT2D eigenvalue weighted by molar-refractivity contribution is 6.30. The number of nitrogens with one attached hydrogen (secondary N) is 1. The van der Waals surface area contributed by atoms with Crippen LogP contribution in [0, 0.1) is 0 Å². The van der Waals surface area contributed by atoms with Crippen LogP contribution in [-0.4, -0.2) is 6.04 Å². The van der Waals surface area contributed by atoms with Crippen molar-refractivity contribution in [2.45, 2.75) is 37.8 Å². The largest absolute Gasteiger partial charge is 0.307 e. The molecule has 0 radical (unpaired) electrons. The molecule has 1 atom stereocenters. The first-order chi connectivity index (χ1) is 10.1. The molecule has 2 aromatic carbocycles. The summed E-state index contributed by atoms with van der Waals surface area (Å²) in [5.74, 6) is 0.632. The van der Waals surface area contributed by atoms with Crippen molar-refractivity contribution in [3.8, 4) is 0 Å². The van der Waals surface area contributed by atoms with Crippen molar-refractivity contribution in [1.29, 1.82) is 0 Å². The molecule has 1 aliphatic rings. The van der Waals surface area contributed by atoms with Gasteiger partial charge in [0.15, 0.2) is 0 Å². The SMILES string of the molecule is C[C@@H](NC1CC(c2cccc(Cl)c2)C1)c1cccc(Cl)c1. The number of hydrogen-bond donors (Lipinski definition) is 1. The lowest BCUT2D eigenvalue weighted by molar-refractivity contribution is 0.271. The molecule has 3 heteroatoms. The highest BCUT2D eigenvalue weighted by Gasteiger charge is 2.31. The summed E-state index contributed by atoms with van der Waals surface area (Å²) in [5, 5.41) is 5.31. The molecular formula is C18H19Cl2N. The lowest BCUT2D eigenvalue weighted by Gasteiger charge is -2.38. The molecule has 1 N–H and O–H groups in total. The molecule has 3 rings (SSSR count). The van der Waals surface area contributed by atoms with E-state index >= 15 is 0 Å². The molecule has 0 unspecified atom stereocenters. The van der Waals surface area contributed by atoms with Crippen LogP contribution in [0.15, 0.2) is 48.5 Å². The van der Waals surface area contributed by atoms with E-state index in [-0.39, 0.29) is 0 Å². The van der Waals surface area contributed by atoms with E-state index in [0.717, 1.165) is 10.0 Å². The summed E-state index contributed by atoms with van der Waals surface area (Å²) < 4.78 is 0. The molecule has 1 aliphatic carbocycles. The monoisotopic (exact) mass is 319 g/mol. The number of hydrogen-bond acceptors (Lipinski definition) is 1. The van der Waals surface area contributed by atoms with Crippen molar-refractivity contribution >= 4 is 23.2 Å². The van der Waals surface area contributed by atoms with Gasteiger partial charge in [0.1, 0.15) is 0 Å². The molecule has 0 amide bonds. The molecule has 1 nitrogen and oxygen atoms in total. The Morgan fingerprint density at radius 1 is 1.00 bits per heavy atom. The Labute approximate surface area is 136 Å². The minimum Gasteiger partial charge on any atom is -0.307 e. The summed E-state index contributed by atoms with van der Waals surface area (Å²) in [6.07, 6.45) is 2.34. The average molecular weight is 320 g/mol. The van der Waals surface area contributed by atoms with Crippen LogP contribution in [0.2, 0.25) is 10.0 Å². The van der Waals surface area contributed by atoms with Gasteiger partial charge in [0.25, 0.3) is 0 Å². The maximum absolute atomic E-state index is 6.06. The molecule has 0 spiro atoms. The molecule has 0 aliphatic heterocycles. The van der Waals surface area contributed by atoms with Gasteiger partial charge in [0, 0.05) is 22.1 Å². The molecule has 0 aromatic heterocycles. The zero-order valence-electron chi connectivity index (χ0n) is 12.0. The van der Waals surface area contributed by atoms with Gasteiger partial charge in [-0.05, 0) is 61.1 Å². The highest BCUT2D eigenvalue weighted by atomic mass is 35.5. The van der Waals surface area contributed by atoms with Gasteiger partial charge >= 0.3 is 0 Å². The van der Waals surface area contributed by atoms with Crippen molar-refractivity contribution in [3.63, 3.8) is 0 Å². The van der Waals surface area contributed by atoms with E-state index in [1.165, 1.54) is 24.0 Å². The Morgan fingerprint density at radius 2 is 1.67 bits per heavy atom. The van der Waals surface area contributed by atoms with Crippen molar-refractivity contribution in [2.24, 2.45) is 0 Å². The first-order valence-electron chi connectivity index (χ1n) is 7.39. The number of benzene rings is 2. The van der Waals surface area contributed by atoms with Crippen molar-refractivity contribution in [2.75, 3.05) is 0 Å². The zero-order valence-corrected chi connectivity index (χ0v) is 13.5. The Bertz CT molecular complexity index is 620. The lowest BCUT2D eigenvalue weighted by Crippen LogP contribution is -2.41. The summed E-state index contributed by atoms with van der Waals surface area (Å²) >= 11 is 12.1. The third kappa shape index (κ3) is 3.60. The van der Waals surface area contributed by atoms with E-state index in [2.05, 4.69) is 30.4 Å². The standard InChI is InChI=1S/C18H19Cl2N/c1-12(13-4-2-6-16(19)8-13)21-18-10-15(11-18)14-5-3-7-17(20)9-14/h2-9,12,15,18,21H,10-11H2,1H3/t12-,15?,18?/m1/s1. The molecule has 21 heavy (non-hydrogen) atoms. The summed E-state index contributed by atoms with van der Waals surface area (Å²) in [5.41, 5.74) is 2.60. The van der Waals surface area contributed by atoms with Crippen LogP contribution in [0.4, 0.5) is 0 Å². The van der Waals surface area contributed by atoms with Crippen LogP contribution in [0.1, 0.15) is 42.9 Å². The Balaban J connectivity index is 1.55. The van der Waals surface area contributed by atoms with E-state index in [0.29, 0.717) is 18.0 Å². The zero-order chi connectivity index (χ0) is 14.8. The van der Waals surface area contributed by atoms with Gasteiger partial charge in [0.2, 0.25) is 0 Å². The van der Waals surface area contributed by atoms with E-state index < -0.39 is 0 Å². The molecule has 0 bridgehead atoms. The van der Waals surface area contributed by atoms with Crippen LogP contribution >= 0.6 is 23.2 Å². The average Bonchev–Trinajstić information content (AvgIpc) is 2.42. The molecular weight excluding hydrogens is 301 g/mol. The molecule has 1 saturated carbocycles. The first kappa shape index (κ1) is 14.9. The highest BCUT2D eigenvalue weighted by Crippen LogP contribution is 2.38. The summed E-state index contributed by atoms with van der Waals surface area (Å²) in [6.45, 7) is 2.19. The topological polar surface area (TPSA) is 12.0 Å². The fourth-order valence-electron chi connectivity index (χ4n) is 3.01. The third-order valence-corrected chi connectivity index (χ3v) is 4.76. The van der Waals surface area contributed by atoms with Crippen LogP contribution in [0.25, 0.3) is 0 Å². The van der Waals surface area contributed by atoms with Gasteiger partial charge in [-0.15, -0.1) is 0 Å². The van der Waals surface area contributed by atoms with Crippen LogP contribution < -0.4 is 5.32 Å². The predicted octanol–water partition coefficient (Wildman–Crippen LogP) is 5.59. The van der Waals surface area contributed by atoms with Crippen molar-refractivity contribution in [1.82, 2.24) is 5.32 Å². The Morgan fingerprint density at radius 3 is 2.33 bits per heavy atom. The van der Waals surface area contributed by atoms with Crippen LogP contribution in [-0.2, 0) is 0 Å². The molecule has 2 aromatic rings. The molecule has 0 saturated heterocycles. The van der Waals surface area contributed by atoms with E-state index in [1.807, 2.05) is 30.3 Å². The Hall–Kier alpha value is -1.02. The van der Waals surface area contributed by atoms with E-state index in [9.17, 15) is 0 Å². The van der Waals surface area contributed by atoms with Gasteiger partial charge in [-0.2, -0.15) is 0 Å². The minimum atomic E-state index is 0.328. The second kappa shape index (κ2) is 6.39. The summed E-state index contributed by atoms with van der Waals surface area (Å²) in [7, 11) is 0. The number of halogens is 2. The summed E-state index contributed by atoms with van der Waals surface area (Å²) in [6, 6.07) is 17.2. The lowest BCUT2D eigenvalue weighted by atomic mass is 9.75. The first-order valence-corrected chi connectivity index (χ1v) is 8.14. The smallest absolute Gasteiger partial charge is 0.0409 e. The fourth-order valence-corrected chi connectivity index (χ4v) is 3.41. The maximum Gasteiger partial charge on any atom is 0.0409 e. The van der Waals surface area contributed by atoms with Gasteiger partial charge < -0.3 is 5.32 Å². The van der Waals surface area contributed by atoms with E-state index in [1.54, 1.807) is 0 Å². The minimum absolute atomic E-state index is 0.328. The van der Waals surface area contributed by atoms with Crippen LogP contribution in [0.3, 0.4) is 0 Å². The van der Waals surface area contributed by atoms with Gasteiger partial charge in [-0.3, -0.25) is 0 Å². The second-order valence-electron chi connectivity index (χ2n) is 5.86. The maximum atomic E-state index is 6.06. The predicted molar refractivity (Wildman–Crippen MR) is 90.2 cm³/mol. The molecule has 1 fully saturated rings. The van der Waals surface area contributed by atoms with Gasteiger partial charge in [-0.1, -0.05) is 47.5 Å². The van der Waals surface area contributed by atoms with Gasteiger partial charge in [0.05, 0.1) is 0 Å². The fraction of sp³-hybridized carbons (Fsp3) is 0.333. The van der Waals surface area contributed by atoms with E-state index in [4.69, 9.17) is 23.2 Å². The van der Waals surface area contributed by atoms with Crippen molar-refractivity contribution < 1.29 is 0 Å². The molecule has 110 valence electrons. The quantitative estimate of drug-likeness (QED) is 0.774.